The molecule has 22 heavy (non-hydrogen) atoms. The zero-order chi connectivity index (χ0) is 16.3. The Hall–Kier alpha value is -2.25. The summed E-state index contributed by atoms with van der Waals surface area (Å²) in [7, 11) is 0. The number of halogens is 3. The summed E-state index contributed by atoms with van der Waals surface area (Å²) < 4.78 is 45.7. The Bertz CT molecular complexity index is 576. The van der Waals surface area contributed by atoms with Gasteiger partial charge >= 0.3 is 18.3 Å². The van der Waals surface area contributed by atoms with Gasteiger partial charge in [0.15, 0.2) is 11.5 Å². The Morgan fingerprint density at radius 2 is 1.77 bits per heavy atom. The topological polar surface area (TPSA) is 72.8 Å². The van der Waals surface area contributed by atoms with Crippen molar-refractivity contribution in [3.63, 3.8) is 0 Å². The summed E-state index contributed by atoms with van der Waals surface area (Å²) in [4.78, 5) is 22.8. The number of carboxylic acid groups (broad SMARTS) is 1. The Labute approximate surface area is 123 Å². The van der Waals surface area contributed by atoms with Crippen molar-refractivity contribution >= 4 is 11.9 Å². The highest BCUT2D eigenvalue weighted by atomic mass is 19.4. The van der Waals surface area contributed by atoms with Gasteiger partial charge in [-0.15, -0.1) is 13.2 Å². The van der Waals surface area contributed by atoms with Gasteiger partial charge in [0.05, 0.1) is 11.5 Å². The van der Waals surface area contributed by atoms with Crippen LogP contribution >= 0.6 is 0 Å². The first kappa shape index (κ1) is 16.1. The number of alkyl halides is 3. The highest BCUT2D eigenvalue weighted by molar-refractivity contribution is 5.89. The second kappa shape index (κ2) is 6.25. The number of carbonyl (C=O) groups excluding carboxylic acids is 1. The molecular formula is C14H13F3O5. The monoisotopic (exact) mass is 318 g/mol. The number of rotatable bonds is 4. The standard InChI is InChI=1S/C14H13F3O5/c15-14(16,17)22-10-6-5-9(12(18)19)7-11(10)21-13(20)8-3-1-2-4-8/h5-8H,1-4H2,(H,18,19). The van der Waals surface area contributed by atoms with Gasteiger partial charge in [0.1, 0.15) is 0 Å². The molecule has 0 aromatic heterocycles. The zero-order valence-corrected chi connectivity index (χ0v) is 11.4. The predicted octanol–water partition coefficient (Wildman–Crippen LogP) is 3.38. The number of carboxylic acids is 1. The Kier molecular flexibility index (Phi) is 4.58. The molecule has 2 rings (SSSR count). The average molecular weight is 318 g/mol. The first-order valence-electron chi connectivity index (χ1n) is 6.61. The van der Waals surface area contributed by atoms with Crippen molar-refractivity contribution in [2.75, 3.05) is 0 Å². The van der Waals surface area contributed by atoms with E-state index in [-0.39, 0.29) is 11.5 Å². The minimum absolute atomic E-state index is 0.302. The van der Waals surface area contributed by atoms with Crippen molar-refractivity contribution in [2.45, 2.75) is 32.0 Å². The smallest absolute Gasteiger partial charge is 0.478 e. The third-order valence-electron chi connectivity index (χ3n) is 3.32. The van der Waals surface area contributed by atoms with Crippen molar-refractivity contribution in [3.05, 3.63) is 23.8 Å². The lowest BCUT2D eigenvalue weighted by atomic mass is 10.1. The molecule has 1 fully saturated rings. The first-order valence-corrected chi connectivity index (χ1v) is 6.61. The lowest BCUT2D eigenvalue weighted by Gasteiger charge is -2.15. The van der Waals surface area contributed by atoms with Crippen LogP contribution in [0, 0.1) is 5.92 Å². The maximum Gasteiger partial charge on any atom is 0.573 e. The maximum atomic E-state index is 12.3. The molecule has 0 unspecified atom stereocenters. The summed E-state index contributed by atoms with van der Waals surface area (Å²) in [5, 5.41) is 8.87. The van der Waals surface area contributed by atoms with E-state index in [0.29, 0.717) is 12.8 Å². The van der Waals surface area contributed by atoms with E-state index in [2.05, 4.69) is 4.74 Å². The van der Waals surface area contributed by atoms with E-state index in [4.69, 9.17) is 9.84 Å². The largest absolute Gasteiger partial charge is 0.573 e. The normalized spacial score (nSPS) is 15.6. The van der Waals surface area contributed by atoms with Gasteiger partial charge in [-0.2, -0.15) is 0 Å². The summed E-state index contributed by atoms with van der Waals surface area (Å²) in [6, 6.07) is 2.60. The third-order valence-corrected chi connectivity index (χ3v) is 3.32. The van der Waals surface area contributed by atoms with Crippen LogP contribution in [0.4, 0.5) is 13.2 Å². The van der Waals surface area contributed by atoms with Crippen LogP contribution in [0.3, 0.4) is 0 Å². The van der Waals surface area contributed by atoms with Crippen LogP contribution in [-0.4, -0.2) is 23.4 Å². The molecule has 0 bridgehead atoms. The number of benzene rings is 1. The molecule has 1 aromatic carbocycles. The fourth-order valence-electron chi connectivity index (χ4n) is 2.28. The Balaban J connectivity index is 2.26. The highest BCUT2D eigenvalue weighted by Crippen LogP contribution is 2.35. The molecule has 0 heterocycles. The van der Waals surface area contributed by atoms with E-state index in [1.807, 2.05) is 0 Å². The molecule has 1 saturated carbocycles. The molecule has 0 spiro atoms. The molecular weight excluding hydrogens is 305 g/mol. The van der Waals surface area contributed by atoms with Crippen molar-refractivity contribution in [2.24, 2.45) is 5.92 Å². The van der Waals surface area contributed by atoms with E-state index in [1.165, 1.54) is 0 Å². The van der Waals surface area contributed by atoms with Gasteiger partial charge in [0, 0.05) is 0 Å². The van der Waals surface area contributed by atoms with Crippen LogP contribution < -0.4 is 9.47 Å². The van der Waals surface area contributed by atoms with Gasteiger partial charge in [-0.3, -0.25) is 4.79 Å². The van der Waals surface area contributed by atoms with Gasteiger partial charge in [-0.25, -0.2) is 4.79 Å². The average Bonchev–Trinajstić information content (AvgIpc) is 2.92. The summed E-state index contributed by atoms with van der Waals surface area (Å²) in [5.74, 6) is -3.70. The Morgan fingerprint density at radius 1 is 1.14 bits per heavy atom. The lowest BCUT2D eigenvalue weighted by Crippen LogP contribution is -2.21. The van der Waals surface area contributed by atoms with Crippen molar-refractivity contribution in [3.8, 4) is 11.5 Å². The number of esters is 1. The van der Waals surface area contributed by atoms with Crippen LogP contribution in [0.25, 0.3) is 0 Å². The quantitative estimate of drug-likeness (QED) is 0.680. The molecule has 0 saturated heterocycles. The van der Waals surface area contributed by atoms with Crippen molar-refractivity contribution in [1.82, 2.24) is 0 Å². The van der Waals surface area contributed by atoms with Gasteiger partial charge < -0.3 is 14.6 Å². The van der Waals surface area contributed by atoms with E-state index < -0.39 is 29.8 Å². The zero-order valence-electron chi connectivity index (χ0n) is 11.4. The van der Waals surface area contributed by atoms with E-state index in [1.54, 1.807) is 0 Å². The summed E-state index contributed by atoms with van der Waals surface area (Å²) in [5.41, 5.74) is -0.302. The third kappa shape index (κ3) is 4.12. The fraction of sp³-hybridized carbons (Fsp3) is 0.429. The number of hydrogen-bond acceptors (Lipinski definition) is 4. The van der Waals surface area contributed by atoms with Crippen molar-refractivity contribution < 1.29 is 37.3 Å². The molecule has 0 amide bonds. The van der Waals surface area contributed by atoms with E-state index in [0.717, 1.165) is 31.0 Å². The molecule has 1 aliphatic rings. The molecule has 120 valence electrons. The minimum atomic E-state index is -4.97. The SMILES string of the molecule is O=C(O)c1ccc(OC(F)(F)F)c(OC(=O)C2CCCC2)c1. The molecule has 1 N–H and O–H groups in total. The molecule has 0 radical (unpaired) electrons. The summed E-state index contributed by atoms with van der Waals surface area (Å²) >= 11 is 0. The fourth-order valence-corrected chi connectivity index (χ4v) is 2.28. The summed E-state index contributed by atoms with van der Waals surface area (Å²) in [6.07, 6.45) is -2.07. The number of aromatic carboxylic acids is 1. The predicted molar refractivity (Wildman–Crippen MR) is 67.7 cm³/mol. The molecule has 5 nitrogen and oxygen atoms in total. The van der Waals surface area contributed by atoms with Crippen LogP contribution in [0.1, 0.15) is 36.0 Å². The van der Waals surface area contributed by atoms with Gasteiger partial charge in [-0.1, -0.05) is 12.8 Å². The second-order valence-electron chi connectivity index (χ2n) is 4.92. The molecule has 8 heteroatoms. The number of ether oxygens (including phenoxy) is 2. The number of carbonyl (C=O) groups is 2. The maximum absolute atomic E-state index is 12.3. The van der Waals surface area contributed by atoms with Gasteiger partial charge in [0.25, 0.3) is 0 Å². The molecule has 1 aliphatic carbocycles. The second-order valence-corrected chi connectivity index (χ2v) is 4.92. The minimum Gasteiger partial charge on any atom is -0.478 e. The van der Waals surface area contributed by atoms with Gasteiger partial charge in [-0.05, 0) is 31.0 Å². The van der Waals surface area contributed by atoms with Crippen LogP contribution in [0.2, 0.25) is 0 Å². The Morgan fingerprint density at radius 3 is 2.32 bits per heavy atom. The first-order chi connectivity index (χ1) is 10.3. The van der Waals surface area contributed by atoms with Crippen LogP contribution in [-0.2, 0) is 4.79 Å². The van der Waals surface area contributed by atoms with E-state index >= 15 is 0 Å². The number of hydrogen-bond donors (Lipinski definition) is 1. The lowest BCUT2D eigenvalue weighted by molar-refractivity contribution is -0.275. The summed E-state index contributed by atoms with van der Waals surface area (Å²) in [6.45, 7) is 0. The van der Waals surface area contributed by atoms with Crippen LogP contribution in [0.5, 0.6) is 11.5 Å². The molecule has 0 aliphatic heterocycles. The van der Waals surface area contributed by atoms with Gasteiger partial charge in [0.2, 0.25) is 0 Å². The van der Waals surface area contributed by atoms with E-state index in [9.17, 15) is 22.8 Å². The van der Waals surface area contributed by atoms with Crippen molar-refractivity contribution in [1.29, 1.82) is 0 Å². The molecule has 0 atom stereocenters. The highest BCUT2D eigenvalue weighted by Gasteiger charge is 2.33. The van der Waals surface area contributed by atoms with Crippen LogP contribution in [0.15, 0.2) is 18.2 Å². The molecule has 1 aromatic rings.